The quantitative estimate of drug-likeness (QED) is 0.368. The highest BCUT2D eigenvalue weighted by Gasteiger charge is 2.46. The average molecular weight is 559 g/mol. The third kappa shape index (κ3) is 6.48. The normalized spacial score (nSPS) is 20.4. The third-order valence-corrected chi connectivity index (χ3v) is 7.87. The fourth-order valence-electron chi connectivity index (χ4n) is 5.52. The maximum absolute atomic E-state index is 14.0. The number of aromatic nitrogens is 3. The minimum Gasteiger partial charge on any atom is -0.391 e. The Morgan fingerprint density at radius 2 is 1.71 bits per heavy atom. The zero-order valence-corrected chi connectivity index (χ0v) is 23.7. The van der Waals surface area contributed by atoms with Gasteiger partial charge in [0.25, 0.3) is 0 Å². The second-order valence-corrected chi connectivity index (χ2v) is 12.3. The molecule has 2 fully saturated rings. The number of nitrogens with two attached hydrogens (primary N) is 1. The second kappa shape index (κ2) is 11.4. The van der Waals surface area contributed by atoms with Gasteiger partial charge < -0.3 is 21.1 Å². The minimum atomic E-state index is -0.977. The Labute approximate surface area is 239 Å². The highest BCUT2D eigenvalue weighted by Crippen LogP contribution is 2.40. The Hall–Kier alpha value is -4.05. The molecule has 3 unspecified atom stereocenters. The molecule has 0 spiro atoms. The largest absolute Gasteiger partial charge is 0.391 e. The third-order valence-electron chi connectivity index (χ3n) is 7.87. The summed E-state index contributed by atoms with van der Waals surface area (Å²) in [6.45, 7) is 5.81. The summed E-state index contributed by atoms with van der Waals surface area (Å²) >= 11 is 0. The number of primary amides is 1. The molecule has 0 bridgehead atoms. The number of likely N-dealkylation sites (tertiary alicyclic amines) is 1. The van der Waals surface area contributed by atoms with Crippen LogP contribution >= 0.6 is 0 Å². The Bertz CT molecular complexity index is 1390. The van der Waals surface area contributed by atoms with Crippen molar-refractivity contribution >= 4 is 17.7 Å². The van der Waals surface area contributed by atoms with Crippen molar-refractivity contribution < 1.29 is 19.5 Å². The molecule has 5 rings (SSSR count). The van der Waals surface area contributed by atoms with Crippen molar-refractivity contribution in [2.75, 3.05) is 6.54 Å². The van der Waals surface area contributed by atoms with Gasteiger partial charge in [-0.15, -0.1) is 5.10 Å². The van der Waals surface area contributed by atoms with Crippen LogP contribution < -0.4 is 11.1 Å². The van der Waals surface area contributed by atoms with Crippen molar-refractivity contribution in [3.63, 3.8) is 0 Å². The van der Waals surface area contributed by atoms with E-state index in [2.05, 4.69) is 15.6 Å². The molecule has 4 atom stereocenters. The van der Waals surface area contributed by atoms with Crippen molar-refractivity contribution in [2.45, 2.75) is 76.6 Å². The summed E-state index contributed by atoms with van der Waals surface area (Å²) < 4.78 is 1.58. The number of nitrogens with one attached hydrogen (secondary N) is 1. The average Bonchev–Trinajstić information content (AvgIpc) is 3.54. The summed E-state index contributed by atoms with van der Waals surface area (Å²) in [5.41, 5.74) is 8.95. The van der Waals surface area contributed by atoms with Crippen LogP contribution in [0.2, 0.25) is 0 Å². The Morgan fingerprint density at radius 1 is 1.05 bits per heavy atom. The van der Waals surface area contributed by atoms with Gasteiger partial charge in [0.15, 0.2) is 0 Å². The number of aliphatic hydroxyl groups excluding tert-OH is 1. The van der Waals surface area contributed by atoms with Crippen molar-refractivity contribution in [1.82, 2.24) is 25.2 Å². The zero-order valence-electron chi connectivity index (χ0n) is 23.7. The first kappa shape index (κ1) is 28.5. The molecule has 2 heterocycles. The number of carbonyl (C=O) groups is 3. The standard InChI is InChI=1S/C31H38N6O4/c1-31(2,3)27(37-18-25(34-35-37)22-13-14-22)30(41)36-17-23(38)16-26(36)29(40)33-24(28(32)39)15-19-9-11-21(12-10-19)20-7-5-4-6-8-20/h4-12,18,22-24,26-27,38H,13-17H2,1-3H3,(H2,32,39)(H,33,40)/t23?,24?,26?,27-/m1/s1. The summed E-state index contributed by atoms with van der Waals surface area (Å²) in [7, 11) is 0. The molecule has 3 aromatic rings. The molecule has 1 aromatic heterocycles. The summed E-state index contributed by atoms with van der Waals surface area (Å²) in [5, 5.41) is 21.8. The van der Waals surface area contributed by atoms with Gasteiger partial charge in [0.05, 0.1) is 11.8 Å². The van der Waals surface area contributed by atoms with Gasteiger partial charge in [0.1, 0.15) is 18.1 Å². The molecule has 41 heavy (non-hydrogen) atoms. The van der Waals surface area contributed by atoms with Crippen LogP contribution in [0.1, 0.15) is 63.3 Å². The van der Waals surface area contributed by atoms with Crippen LogP contribution in [0.4, 0.5) is 0 Å². The monoisotopic (exact) mass is 558 g/mol. The van der Waals surface area contributed by atoms with E-state index in [1.807, 2.05) is 81.6 Å². The van der Waals surface area contributed by atoms with E-state index < -0.39 is 41.5 Å². The van der Waals surface area contributed by atoms with Crippen LogP contribution in [-0.2, 0) is 20.8 Å². The molecule has 1 aliphatic carbocycles. The van der Waals surface area contributed by atoms with E-state index in [1.165, 1.54) is 4.90 Å². The van der Waals surface area contributed by atoms with Crippen LogP contribution in [-0.4, -0.2) is 67.5 Å². The molecular formula is C31H38N6O4. The van der Waals surface area contributed by atoms with E-state index in [9.17, 15) is 19.5 Å². The number of amides is 3. The lowest BCUT2D eigenvalue weighted by atomic mass is 9.85. The van der Waals surface area contributed by atoms with Gasteiger partial charge in [-0.2, -0.15) is 0 Å². The van der Waals surface area contributed by atoms with Crippen LogP contribution in [0.3, 0.4) is 0 Å². The number of nitrogens with zero attached hydrogens (tertiary/aromatic N) is 4. The summed E-state index contributed by atoms with van der Waals surface area (Å²) in [6.07, 6.45) is 3.34. The summed E-state index contributed by atoms with van der Waals surface area (Å²) in [6, 6.07) is 15.0. The first-order chi connectivity index (χ1) is 19.5. The van der Waals surface area contributed by atoms with Gasteiger partial charge in [-0.25, -0.2) is 4.68 Å². The second-order valence-electron chi connectivity index (χ2n) is 12.3. The molecule has 1 saturated heterocycles. The molecule has 1 saturated carbocycles. The fraction of sp³-hybridized carbons (Fsp3) is 0.452. The van der Waals surface area contributed by atoms with Crippen molar-refractivity contribution in [1.29, 1.82) is 0 Å². The molecule has 4 N–H and O–H groups in total. The van der Waals surface area contributed by atoms with Crippen LogP contribution in [0.25, 0.3) is 11.1 Å². The SMILES string of the molecule is CC(C)(C)[C@@H](C(=O)N1CC(O)CC1C(=O)NC(Cc1ccc(-c2ccccc2)cc1)C(N)=O)n1cc(C2CC2)nn1. The van der Waals surface area contributed by atoms with Gasteiger partial charge in [0.2, 0.25) is 17.7 Å². The molecule has 10 nitrogen and oxygen atoms in total. The molecule has 2 aliphatic rings. The van der Waals surface area contributed by atoms with Gasteiger partial charge >= 0.3 is 0 Å². The molecule has 0 radical (unpaired) electrons. The van der Waals surface area contributed by atoms with E-state index in [4.69, 9.17) is 5.73 Å². The predicted molar refractivity (Wildman–Crippen MR) is 153 cm³/mol. The first-order valence-electron chi connectivity index (χ1n) is 14.2. The lowest BCUT2D eigenvalue weighted by Crippen LogP contribution is -2.54. The fourth-order valence-corrected chi connectivity index (χ4v) is 5.52. The van der Waals surface area contributed by atoms with Gasteiger partial charge in [-0.05, 0) is 34.9 Å². The highest BCUT2D eigenvalue weighted by molar-refractivity contribution is 5.93. The summed E-state index contributed by atoms with van der Waals surface area (Å²) in [4.78, 5) is 41.2. The van der Waals surface area contributed by atoms with Crippen LogP contribution in [0.5, 0.6) is 0 Å². The Morgan fingerprint density at radius 3 is 2.32 bits per heavy atom. The molecule has 216 valence electrons. The van der Waals surface area contributed by atoms with Crippen LogP contribution in [0.15, 0.2) is 60.8 Å². The predicted octanol–water partition coefficient (Wildman–Crippen LogP) is 2.58. The highest BCUT2D eigenvalue weighted by atomic mass is 16.3. The van der Waals surface area contributed by atoms with E-state index in [0.717, 1.165) is 35.2 Å². The molecular weight excluding hydrogens is 520 g/mol. The minimum absolute atomic E-state index is 0.00979. The maximum Gasteiger partial charge on any atom is 0.248 e. The lowest BCUT2D eigenvalue weighted by molar-refractivity contribution is -0.144. The van der Waals surface area contributed by atoms with Crippen molar-refractivity contribution in [3.8, 4) is 11.1 Å². The topological polar surface area (TPSA) is 143 Å². The molecule has 1 aliphatic heterocycles. The number of hydrogen-bond acceptors (Lipinski definition) is 6. The van der Waals surface area contributed by atoms with Crippen molar-refractivity contribution in [2.24, 2.45) is 11.1 Å². The van der Waals surface area contributed by atoms with Gasteiger partial charge in [-0.3, -0.25) is 14.4 Å². The summed E-state index contributed by atoms with van der Waals surface area (Å²) in [5.74, 6) is -1.14. The van der Waals surface area contributed by atoms with E-state index >= 15 is 0 Å². The van der Waals surface area contributed by atoms with Crippen molar-refractivity contribution in [3.05, 3.63) is 72.1 Å². The molecule has 3 amide bonds. The van der Waals surface area contributed by atoms with E-state index in [-0.39, 0.29) is 25.3 Å². The Kier molecular flexibility index (Phi) is 7.95. The number of β-amino-alcohol motifs (C(OH)–C–C–N with tert-alkyl or cyclic N) is 1. The number of carbonyl (C=O) groups excluding carboxylic acids is 3. The number of benzene rings is 2. The Balaban J connectivity index is 1.30. The number of aliphatic hydroxyl groups is 1. The van der Waals surface area contributed by atoms with E-state index in [0.29, 0.717) is 5.92 Å². The number of rotatable bonds is 9. The smallest absolute Gasteiger partial charge is 0.248 e. The van der Waals surface area contributed by atoms with Crippen LogP contribution in [0, 0.1) is 5.41 Å². The molecule has 2 aromatic carbocycles. The zero-order chi connectivity index (χ0) is 29.3. The maximum atomic E-state index is 14.0. The molecule has 10 heteroatoms. The number of hydrogen-bond donors (Lipinski definition) is 3. The van der Waals surface area contributed by atoms with Gasteiger partial charge in [-0.1, -0.05) is 80.6 Å². The van der Waals surface area contributed by atoms with E-state index in [1.54, 1.807) is 4.68 Å². The van der Waals surface area contributed by atoms with Gasteiger partial charge in [0, 0.05) is 31.5 Å². The lowest BCUT2D eigenvalue weighted by Gasteiger charge is -2.34. The first-order valence-corrected chi connectivity index (χ1v) is 14.2.